The van der Waals surface area contributed by atoms with Gasteiger partial charge in [0.05, 0.1) is 16.6 Å². The predicted molar refractivity (Wildman–Crippen MR) is 115 cm³/mol. The Labute approximate surface area is 194 Å². The Hall–Kier alpha value is -3.41. The minimum atomic E-state index is -1.47. The van der Waals surface area contributed by atoms with Crippen LogP contribution >= 0.6 is 0 Å². The number of Topliss-reactive ketones (excluding diaryl/α,β-unsaturated/α-hetero) is 1. The molecule has 34 heavy (non-hydrogen) atoms. The van der Waals surface area contributed by atoms with E-state index in [0.717, 1.165) is 0 Å². The maximum Gasteiger partial charge on any atom is 0.338 e. The summed E-state index contributed by atoms with van der Waals surface area (Å²) < 4.78 is 17.9. The molecule has 4 rings (SSSR count). The second-order valence-electron chi connectivity index (χ2n) is 8.48. The number of ether oxygens (including phenoxy) is 3. The molecule has 1 aromatic rings. The number of carbonyl (C=O) groups excluding carboxylic acids is 3. The highest BCUT2D eigenvalue weighted by atomic mass is 16.7. The molecule has 0 radical (unpaired) electrons. The van der Waals surface area contributed by atoms with Gasteiger partial charge in [-0.3, -0.25) is 24.6 Å². The summed E-state index contributed by atoms with van der Waals surface area (Å²) in [4.78, 5) is 48.3. The SMILES string of the molecule is CC(=O)/C(C)=C\N(C(C)=O)[C@@H]1O[C@]23C(CC=C[C@H]2OC(=O)c2ccc([N+](=O)[O-])cc2)O[C@@H]1[C@@H]3O. The third kappa shape index (κ3) is 3.81. The van der Waals surface area contributed by atoms with Crippen molar-refractivity contribution in [2.75, 3.05) is 0 Å². The number of hydrogen-bond acceptors (Lipinski definition) is 9. The maximum atomic E-state index is 12.8. The fourth-order valence-electron chi connectivity index (χ4n) is 4.49. The molecule has 3 aliphatic rings. The van der Waals surface area contributed by atoms with Crippen LogP contribution in [0.4, 0.5) is 5.69 Å². The van der Waals surface area contributed by atoms with Gasteiger partial charge in [0.2, 0.25) is 5.91 Å². The fourth-order valence-corrected chi connectivity index (χ4v) is 4.49. The zero-order chi connectivity index (χ0) is 24.8. The Kier molecular flexibility index (Phi) is 6.11. The Bertz CT molecular complexity index is 1100. The molecule has 2 saturated heterocycles. The van der Waals surface area contributed by atoms with Gasteiger partial charge in [-0.15, -0.1) is 0 Å². The predicted octanol–water partition coefficient (Wildman–Crippen LogP) is 1.64. The van der Waals surface area contributed by atoms with Crippen molar-refractivity contribution in [2.24, 2.45) is 0 Å². The van der Waals surface area contributed by atoms with Crippen molar-refractivity contribution in [1.29, 1.82) is 0 Å². The van der Waals surface area contributed by atoms with Gasteiger partial charge in [-0.2, -0.15) is 0 Å². The Morgan fingerprint density at radius 2 is 1.91 bits per heavy atom. The third-order valence-corrected chi connectivity index (χ3v) is 6.38. The number of nitro benzene ring substituents is 1. The maximum absolute atomic E-state index is 12.8. The average Bonchev–Trinajstić information content (AvgIpc) is 3.24. The van der Waals surface area contributed by atoms with Crippen LogP contribution in [0.25, 0.3) is 0 Å². The van der Waals surface area contributed by atoms with Crippen LogP contribution < -0.4 is 0 Å². The van der Waals surface area contributed by atoms with E-state index in [1.165, 1.54) is 49.2 Å². The van der Waals surface area contributed by atoms with E-state index in [0.29, 0.717) is 12.0 Å². The molecule has 1 amide bonds. The van der Waals surface area contributed by atoms with Gasteiger partial charge in [-0.1, -0.05) is 6.08 Å². The van der Waals surface area contributed by atoms with Crippen LogP contribution in [0.2, 0.25) is 0 Å². The molecule has 2 heterocycles. The number of nitro groups is 1. The zero-order valence-corrected chi connectivity index (χ0v) is 18.7. The number of non-ortho nitro benzene ring substituents is 1. The summed E-state index contributed by atoms with van der Waals surface area (Å²) in [6.07, 6.45) is 0.221. The van der Waals surface area contributed by atoms with Crippen LogP contribution in [-0.2, 0) is 23.8 Å². The lowest BCUT2D eigenvalue weighted by molar-refractivity contribution is -0.384. The van der Waals surface area contributed by atoms with E-state index < -0.39 is 53.0 Å². The van der Waals surface area contributed by atoms with Gasteiger partial charge < -0.3 is 19.3 Å². The van der Waals surface area contributed by atoms with Gasteiger partial charge in [-0.05, 0) is 38.5 Å². The van der Waals surface area contributed by atoms with Crippen molar-refractivity contribution in [2.45, 2.75) is 63.4 Å². The van der Waals surface area contributed by atoms with E-state index in [4.69, 9.17) is 14.2 Å². The quantitative estimate of drug-likeness (QED) is 0.215. The van der Waals surface area contributed by atoms with Crippen molar-refractivity contribution >= 4 is 23.3 Å². The summed E-state index contributed by atoms with van der Waals surface area (Å²) in [7, 11) is 0. The lowest BCUT2D eigenvalue weighted by Crippen LogP contribution is -2.60. The van der Waals surface area contributed by atoms with Gasteiger partial charge in [0.1, 0.15) is 12.2 Å². The smallest absolute Gasteiger partial charge is 0.338 e. The fraction of sp³-hybridized carbons (Fsp3) is 0.435. The number of esters is 1. The van der Waals surface area contributed by atoms with Crippen molar-refractivity contribution in [3.8, 4) is 0 Å². The normalized spacial score (nSPS) is 31.6. The number of nitrogens with zero attached hydrogens (tertiary/aromatic N) is 2. The first-order valence-corrected chi connectivity index (χ1v) is 10.7. The van der Waals surface area contributed by atoms with Gasteiger partial charge in [0.15, 0.2) is 23.7 Å². The highest BCUT2D eigenvalue weighted by Crippen LogP contribution is 2.51. The highest BCUT2D eigenvalue weighted by molar-refractivity contribution is 5.93. The van der Waals surface area contributed by atoms with E-state index in [1.807, 2.05) is 0 Å². The minimum Gasteiger partial charge on any atom is -0.451 e. The number of carbonyl (C=O) groups is 3. The lowest BCUT2D eigenvalue weighted by atomic mass is 9.81. The van der Waals surface area contributed by atoms with Gasteiger partial charge >= 0.3 is 5.97 Å². The van der Waals surface area contributed by atoms with Crippen molar-refractivity contribution in [3.63, 3.8) is 0 Å². The topological polar surface area (TPSA) is 146 Å². The van der Waals surface area contributed by atoms with Gasteiger partial charge in [0, 0.05) is 30.8 Å². The lowest BCUT2D eigenvalue weighted by Gasteiger charge is -2.44. The van der Waals surface area contributed by atoms with Crippen LogP contribution in [-0.4, -0.2) is 68.8 Å². The summed E-state index contributed by atoms with van der Waals surface area (Å²) in [5, 5.41) is 22.0. The first kappa shape index (κ1) is 23.7. The van der Waals surface area contributed by atoms with Crippen LogP contribution in [0.1, 0.15) is 37.6 Å². The molecule has 2 aliphatic heterocycles. The van der Waals surface area contributed by atoms with Crippen LogP contribution in [0.5, 0.6) is 0 Å². The van der Waals surface area contributed by atoms with Crippen LogP contribution in [0.15, 0.2) is 48.2 Å². The number of aliphatic hydroxyl groups excluding tert-OH is 1. The summed E-state index contributed by atoms with van der Waals surface area (Å²) in [6.45, 7) is 4.22. The number of ketones is 1. The molecule has 2 fully saturated rings. The molecule has 1 unspecified atom stereocenters. The van der Waals surface area contributed by atoms with Crippen LogP contribution in [0.3, 0.4) is 0 Å². The monoisotopic (exact) mass is 472 g/mol. The number of rotatable bonds is 6. The molecule has 11 heteroatoms. The molecule has 11 nitrogen and oxygen atoms in total. The molecule has 6 atom stereocenters. The van der Waals surface area contributed by atoms with Crippen molar-refractivity contribution < 1.29 is 38.6 Å². The Morgan fingerprint density at radius 1 is 1.24 bits per heavy atom. The second kappa shape index (κ2) is 8.75. The highest BCUT2D eigenvalue weighted by Gasteiger charge is 2.71. The first-order valence-electron chi connectivity index (χ1n) is 10.7. The number of amides is 1. The largest absolute Gasteiger partial charge is 0.451 e. The molecule has 0 saturated carbocycles. The van der Waals surface area contributed by atoms with E-state index in [-0.39, 0.29) is 17.0 Å². The molecule has 180 valence electrons. The van der Waals surface area contributed by atoms with E-state index in [1.54, 1.807) is 19.1 Å². The number of benzene rings is 1. The molecular weight excluding hydrogens is 448 g/mol. The number of hydrogen-bond donors (Lipinski definition) is 1. The second-order valence-corrected chi connectivity index (χ2v) is 8.48. The molecule has 1 aliphatic carbocycles. The number of fused-ring (bicyclic) bond motifs is 1. The first-order chi connectivity index (χ1) is 16.1. The Morgan fingerprint density at radius 3 is 2.50 bits per heavy atom. The molecule has 1 N–H and O–H groups in total. The average molecular weight is 472 g/mol. The molecule has 1 spiro atoms. The standard InChI is InChI=1S/C23H24N2O9/c1-12(13(2)26)11-24(14(3)27)21-19-20(28)23(34-21)17(32-19)5-4-6-18(23)33-22(29)15-7-9-16(10-8-15)25(30)31/h4,6-11,17-21,28H,5H2,1-3H3/b12-11-/t17?,18-,19-,20+,21-,23-/m1/s1. The van der Waals surface area contributed by atoms with Crippen LogP contribution in [0, 0.1) is 10.1 Å². The van der Waals surface area contributed by atoms with Crippen molar-refractivity contribution in [3.05, 3.63) is 63.9 Å². The number of allylic oxidation sites excluding steroid dienone is 1. The van der Waals surface area contributed by atoms with E-state index >= 15 is 0 Å². The summed E-state index contributed by atoms with van der Waals surface area (Å²) in [6, 6.07) is 4.93. The van der Waals surface area contributed by atoms with Gasteiger partial charge in [0.25, 0.3) is 5.69 Å². The van der Waals surface area contributed by atoms with Gasteiger partial charge in [-0.25, -0.2) is 4.79 Å². The Balaban J connectivity index is 1.61. The summed E-state index contributed by atoms with van der Waals surface area (Å²) >= 11 is 0. The van der Waals surface area contributed by atoms with E-state index in [2.05, 4.69) is 0 Å². The summed E-state index contributed by atoms with van der Waals surface area (Å²) in [5.41, 5.74) is -1.24. The third-order valence-electron chi connectivity index (χ3n) is 6.38. The molecule has 2 bridgehead atoms. The molecular formula is C23H24N2O9. The number of aliphatic hydroxyl groups is 1. The molecule has 0 aromatic heterocycles. The minimum absolute atomic E-state index is 0.0856. The molecule has 1 aromatic carbocycles. The summed E-state index contributed by atoms with van der Waals surface area (Å²) in [5.74, 6) is -1.42. The van der Waals surface area contributed by atoms with E-state index in [9.17, 15) is 29.6 Å². The zero-order valence-electron chi connectivity index (χ0n) is 18.7. The van der Waals surface area contributed by atoms with Crippen molar-refractivity contribution in [1.82, 2.24) is 4.90 Å².